The van der Waals surface area contributed by atoms with Gasteiger partial charge in [-0.05, 0) is 42.5 Å². The number of sulfone groups is 1. The topological polar surface area (TPSA) is 101 Å². The quantitative estimate of drug-likeness (QED) is 0.447. The molecule has 2 aliphatic rings. The number of morpholine rings is 1. The largest absolute Gasteiger partial charge is 0.378 e. The Hall–Kier alpha value is -2.63. The molecule has 12 heteroatoms. The molecule has 36 heavy (non-hydrogen) atoms. The van der Waals surface area contributed by atoms with Crippen molar-refractivity contribution in [2.45, 2.75) is 15.5 Å². The Bertz CT molecular complexity index is 1450. The van der Waals surface area contributed by atoms with Crippen LogP contribution in [0.1, 0.15) is 11.3 Å². The second-order valence-corrected chi connectivity index (χ2v) is 12.0. The van der Waals surface area contributed by atoms with E-state index in [0.29, 0.717) is 54.1 Å². The summed E-state index contributed by atoms with van der Waals surface area (Å²) < 4.78 is 31.5. The van der Waals surface area contributed by atoms with Crippen molar-refractivity contribution in [3.05, 3.63) is 74.9 Å². The number of aromatic nitrogens is 2. The van der Waals surface area contributed by atoms with E-state index in [9.17, 15) is 13.2 Å². The minimum absolute atomic E-state index is 0.0662. The molecule has 1 amide bonds. The van der Waals surface area contributed by atoms with E-state index in [-0.39, 0.29) is 26.6 Å². The number of hydrogen-bond donors (Lipinski definition) is 1. The first-order valence-electron chi connectivity index (χ1n) is 11.0. The fraction of sp³-hybridized carbons (Fsp3) is 0.208. The van der Waals surface area contributed by atoms with E-state index < -0.39 is 9.84 Å². The Morgan fingerprint density at radius 1 is 1.11 bits per heavy atom. The number of halogens is 2. The van der Waals surface area contributed by atoms with Crippen LogP contribution in [0.4, 0.5) is 11.6 Å². The van der Waals surface area contributed by atoms with Gasteiger partial charge in [0.1, 0.15) is 0 Å². The van der Waals surface area contributed by atoms with E-state index in [1.807, 2.05) is 4.90 Å². The Labute approximate surface area is 222 Å². The van der Waals surface area contributed by atoms with Crippen LogP contribution < -0.4 is 10.2 Å². The van der Waals surface area contributed by atoms with E-state index in [0.717, 1.165) is 4.90 Å². The van der Waals surface area contributed by atoms with Crippen LogP contribution in [0.25, 0.3) is 6.08 Å². The number of nitrogens with zero attached hydrogens (tertiary/aromatic N) is 3. The summed E-state index contributed by atoms with van der Waals surface area (Å²) in [5.41, 5.74) is 1.36. The monoisotopic (exact) mass is 562 g/mol. The average molecular weight is 563 g/mol. The molecule has 3 heterocycles. The zero-order chi connectivity index (χ0) is 25.3. The molecule has 1 N–H and O–H groups in total. The van der Waals surface area contributed by atoms with Crippen LogP contribution in [-0.4, -0.2) is 50.6 Å². The molecule has 0 radical (unpaired) electrons. The summed E-state index contributed by atoms with van der Waals surface area (Å²) in [5, 5.41) is 3.36. The molecule has 0 aliphatic carbocycles. The highest BCUT2D eigenvalue weighted by molar-refractivity contribution is 8.04. The zero-order valence-electron chi connectivity index (χ0n) is 18.8. The van der Waals surface area contributed by atoms with Gasteiger partial charge in [0.2, 0.25) is 5.95 Å². The van der Waals surface area contributed by atoms with E-state index in [4.69, 9.17) is 27.9 Å². The van der Waals surface area contributed by atoms with Crippen molar-refractivity contribution in [3.63, 3.8) is 0 Å². The van der Waals surface area contributed by atoms with Crippen LogP contribution >= 0.6 is 35.0 Å². The number of carbonyl (C=O) groups is 1. The normalized spacial score (nSPS) is 17.1. The number of rotatable bonds is 5. The molecule has 1 aromatic heterocycles. The Morgan fingerprint density at radius 2 is 1.86 bits per heavy atom. The highest BCUT2D eigenvalue weighted by Gasteiger charge is 2.25. The molecule has 0 saturated carbocycles. The van der Waals surface area contributed by atoms with Gasteiger partial charge in [0.05, 0.1) is 40.1 Å². The second kappa shape index (κ2) is 10.4. The first-order valence-corrected chi connectivity index (χ1v) is 14.2. The lowest BCUT2D eigenvalue weighted by molar-refractivity contribution is -0.112. The number of amides is 1. The Kier molecular flexibility index (Phi) is 7.23. The predicted molar refractivity (Wildman–Crippen MR) is 141 cm³/mol. The van der Waals surface area contributed by atoms with Crippen molar-refractivity contribution in [1.29, 1.82) is 0 Å². The molecule has 0 unspecified atom stereocenters. The molecule has 5 rings (SSSR count). The van der Waals surface area contributed by atoms with Crippen molar-refractivity contribution in [2.24, 2.45) is 0 Å². The van der Waals surface area contributed by atoms with Gasteiger partial charge in [-0.15, -0.1) is 0 Å². The third kappa shape index (κ3) is 5.37. The van der Waals surface area contributed by atoms with Gasteiger partial charge in [-0.2, -0.15) is 0 Å². The van der Waals surface area contributed by atoms with Gasteiger partial charge in [0, 0.05) is 39.8 Å². The van der Waals surface area contributed by atoms with E-state index in [1.165, 1.54) is 23.9 Å². The van der Waals surface area contributed by atoms with Crippen LogP contribution in [0.15, 0.2) is 63.4 Å². The number of thioether (sulfide) groups is 1. The first kappa shape index (κ1) is 25.0. The van der Waals surface area contributed by atoms with Crippen LogP contribution in [0.3, 0.4) is 0 Å². The van der Waals surface area contributed by atoms with Gasteiger partial charge in [-0.3, -0.25) is 4.79 Å². The van der Waals surface area contributed by atoms with Gasteiger partial charge < -0.3 is 15.0 Å². The van der Waals surface area contributed by atoms with Crippen molar-refractivity contribution in [3.8, 4) is 0 Å². The second-order valence-electron chi connectivity index (χ2n) is 8.06. The maximum absolute atomic E-state index is 13.1. The van der Waals surface area contributed by atoms with Gasteiger partial charge in [0.15, 0.2) is 9.84 Å². The van der Waals surface area contributed by atoms with Crippen LogP contribution in [0.5, 0.6) is 0 Å². The molecule has 0 atom stereocenters. The lowest BCUT2D eigenvalue weighted by Gasteiger charge is -2.26. The van der Waals surface area contributed by atoms with E-state index in [2.05, 4.69) is 15.3 Å². The summed E-state index contributed by atoms with van der Waals surface area (Å²) in [4.78, 5) is 25.0. The molecule has 1 saturated heterocycles. The molecule has 1 fully saturated rings. The fourth-order valence-electron chi connectivity index (χ4n) is 3.77. The average Bonchev–Trinajstić information content (AvgIpc) is 2.87. The van der Waals surface area contributed by atoms with Crippen LogP contribution in [0, 0.1) is 0 Å². The number of ether oxygens (including phenoxy) is 1. The van der Waals surface area contributed by atoms with Crippen LogP contribution in [0.2, 0.25) is 10.0 Å². The number of nitrogens with one attached hydrogen (secondary N) is 1. The highest BCUT2D eigenvalue weighted by atomic mass is 35.5. The van der Waals surface area contributed by atoms with Crippen molar-refractivity contribution in [2.75, 3.05) is 36.5 Å². The molecule has 8 nitrogen and oxygen atoms in total. The third-order valence-corrected chi connectivity index (χ3v) is 9.08. The lowest BCUT2D eigenvalue weighted by atomic mass is 10.2. The zero-order valence-corrected chi connectivity index (χ0v) is 21.9. The molecule has 0 spiro atoms. The summed E-state index contributed by atoms with van der Waals surface area (Å²) in [6.07, 6.45) is 3.35. The minimum atomic E-state index is -3.76. The van der Waals surface area contributed by atoms with Crippen molar-refractivity contribution in [1.82, 2.24) is 9.97 Å². The maximum atomic E-state index is 13.1. The Balaban J connectivity index is 1.38. The number of anilines is 2. The van der Waals surface area contributed by atoms with Crippen molar-refractivity contribution >= 4 is 68.4 Å². The predicted octanol–water partition coefficient (Wildman–Crippen LogP) is 4.68. The summed E-state index contributed by atoms with van der Waals surface area (Å²) >= 11 is 13.6. The molecule has 186 valence electrons. The number of carbonyl (C=O) groups excluding carboxylic acids is 1. The number of hydrogen-bond acceptors (Lipinski definition) is 8. The molecule has 0 bridgehead atoms. The molecule has 3 aromatic rings. The summed E-state index contributed by atoms with van der Waals surface area (Å²) in [5.74, 6) is -0.110. The van der Waals surface area contributed by atoms with Crippen LogP contribution in [-0.2, 0) is 25.1 Å². The lowest BCUT2D eigenvalue weighted by Crippen LogP contribution is -2.37. The van der Waals surface area contributed by atoms with Gasteiger partial charge in [-0.1, -0.05) is 41.0 Å². The van der Waals surface area contributed by atoms with E-state index in [1.54, 1.807) is 42.6 Å². The Morgan fingerprint density at radius 3 is 2.61 bits per heavy atom. The molecular weight excluding hydrogens is 543 g/mol. The standard InChI is InChI=1S/C24H20Cl2N4O4S2/c25-18-2-1-3-19(26)17(18)14-36(32,33)16-4-5-21-20(13-16)29-23(31)22(35-21)12-15-6-7-27-24(28-15)30-8-10-34-11-9-30/h1-7,12-13H,8-11,14H2,(H,29,31)/b22-12+. The summed E-state index contributed by atoms with van der Waals surface area (Å²) in [7, 11) is -3.76. The van der Waals surface area contributed by atoms with Gasteiger partial charge >= 0.3 is 0 Å². The van der Waals surface area contributed by atoms with E-state index >= 15 is 0 Å². The molecular formula is C24H20Cl2N4O4S2. The SMILES string of the molecule is O=C1Nc2cc(S(=O)(=O)Cc3c(Cl)cccc3Cl)ccc2S/C1=C/c1ccnc(N2CCOCC2)n1. The fourth-order valence-corrected chi connectivity index (χ4v) is 6.81. The first-order chi connectivity index (χ1) is 17.3. The summed E-state index contributed by atoms with van der Waals surface area (Å²) in [6.45, 7) is 2.65. The van der Waals surface area contributed by atoms with Gasteiger partial charge in [0.25, 0.3) is 5.91 Å². The smallest absolute Gasteiger partial charge is 0.262 e. The maximum Gasteiger partial charge on any atom is 0.262 e. The van der Waals surface area contributed by atoms with Crippen molar-refractivity contribution < 1.29 is 17.9 Å². The summed E-state index contributed by atoms with van der Waals surface area (Å²) in [6, 6.07) is 11.2. The molecule has 2 aliphatic heterocycles. The number of fused-ring (bicyclic) bond motifs is 1. The third-order valence-electron chi connectivity index (χ3n) is 5.64. The highest BCUT2D eigenvalue weighted by Crippen LogP contribution is 2.40. The minimum Gasteiger partial charge on any atom is -0.378 e. The number of benzene rings is 2. The molecule has 2 aromatic carbocycles. The van der Waals surface area contributed by atoms with Gasteiger partial charge in [-0.25, -0.2) is 18.4 Å².